The van der Waals surface area contributed by atoms with Gasteiger partial charge < -0.3 is 9.13 Å². The van der Waals surface area contributed by atoms with Crippen LogP contribution in [0.25, 0.3) is 11.4 Å². The first kappa shape index (κ1) is 12.4. The number of hydrogen-bond acceptors (Lipinski definition) is 2. The summed E-state index contributed by atoms with van der Waals surface area (Å²) in [7, 11) is 1.91. The molecular weight excluding hydrogens is 250 g/mol. The molecule has 4 heteroatoms. The Kier molecular flexibility index (Phi) is 3.21. The van der Waals surface area contributed by atoms with E-state index in [1.165, 1.54) is 0 Å². The largest absolute Gasteiger partial charge is 0.357 e. The second-order valence-electron chi connectivity index (χ2n) is 4.73. The Labute approximate surface area is 117 Å². The molecule has 0 atom stereocenters. The van der Waals surface area contributed by atoms with E-state index in [1.54, 1.807) is 6.20 Å². The quantitative estimate of drug-likeness (QED) is 0.680. The maximum Gasteiger partial charge on any atom is 0.184 e. The highest BCUT2D eigenvalue weighted by Crippen LogP contribution is 2.17. The predicted octanol–water partition coefficient (Wildman–Crippen LogP) is 2.77. The van der Waals surface area contributed by atoms with Crippen LogP contribution < -0.4 is 0 Å². The van der Waals surface area contributed by atoms with Crippen LogP contribution in [0.4, 0.5) is 0 Å². The van der Waals surface area contributed by atoms with E-state index in [-0.39, 0.29) is 5.78 Å². The lowest BCUT2D eigenvalue weighted by Gasteiger charge is -2.06. The number of aryl methyl sites for hydroxylation is 1. The summed E-state index contributed by atoms with van der Waals surface area (Å²) in [4.78, 5) is 16.6. The van der Waals surface area contributed by atoms with E-state index in [4.69, 9.17) is 0 Å². The lowest BCUT2D eigenvalue weighted by Crippen LogP contribution is -2.10. The number of rotatable bonds is 4. The molecule has 1 aromatic carbocycles. The van der Waals surface area contributed by atoms with Crippen molar-refractivity contribution < 1.29 is 4.79 Å². The molecule has 0 fully saturated rings. The summed E-state index contributed by atoms with van der Waals surface area (Å²) in [6.07, 6.45) is 7.27. The van der Waals surface area contributed by atoms with Gasteiger partial charge in [0.1, 0.15) is 5.82 Å². The molecule has 3 rings (SSSR count). The monoisotopic (exact) mass is 265 g/mol. The summed E-state index contributed by atoms with van der Waals surface area (Å²) in [6, 6.07) is 11.7. The van der Waals surface area contributed by atoms with Crippen molar-refractivity contribution in [3.05, 3.63) is 66.7 Å². The van der Waals surface area contributed by atoms with Gasteiger partial charge in [-0.05, 0) is 6.07 Å². The van der Waals surface area contributed by atoms with Crippen LogP contribution in [0.2, 0.25) is 0 Å². The molecule has 0 saturated carbocycles. The molecule has 0 unspecified atom stereocenters. The van der Waals surface area contributed by atoms with Gasteiger partial charge in [0.05, 0.1) is 6.54 Å². The van der Waals surface area contributed by atoms with E-state index >= 15 is 0 Å². The zero-order valence-electron chi connectivity index (χ0n) is 11.2. The third-order valence-corrected chi connectivity index (χ3v) is 3.22. The molecule has 2 heterocycles. The van der Waals surface area contributed by atoms with E-state index in [0.717, 1.165) is 17.0 Å². The van der Waals surface area contributed by atoms with Gasteiger partial charge in [-0.1, -0.05) is 30.3 Å². The topological polar surface area (TPSA) is 39.8 Å². The summed E-state index contributed by atoms with van der Waals surface area (Å²) in [5.74, 6) is 0.899. The predicted molar refractivity (Wildman–Crippen MR) is 77.4 cm³/mol. The third kappa shape index (κ3) is 2.40. The Morgan fingerprint density at radius 1 is 1.15 bits per heavy atom. The highest BCUT2D eigenvalue weighted by Gasteiger charge is 2.11. The Morgan fingerprint density at radius 2 is 1.95 bits per heavy atom. The van der Waals surface area contributed by atoms with Crippen LogP contribution in [-0.2, 0) is 13.6 Å². The Balaban J connectivity index is 1.86. The maximum absolute atomic E-state index is 12.2. The molecule has 2 aromatic heterocycles. The normalized spacial score (nSPS) is 10.7. The number of benzene rings is 1. The molecule has 0 aliphatic carbocycles. The number of nitrogens with zero attached hydrogens (tertiary/aromatic N) is 3. The number of imidazole rings is 1. The van der Waals surface area contributed by atoms with E-state index in [1.807, 2.05) is 71.2 Å². The molecule has 0 aliphatic rings. The van der Waals surface area contributed by atoms with Gasteiger partial charge in [-0.15, -0.1) is 0 Å². The standard InChI is InChI=1S/C16H15N3O/c1-18-9-7-14(11-18)15(20)12-19-10-8-17-16(19)13-5-3-2-4-6-13/h2-11H,12H2,1H3. The summed E-state index contributed by atoms with van der Waals surface area (Å²) in [5, 5.41) is 0. The number of hydrogen-bond donors (Lipinski definition) is 0. The molecule has 0 bridgehead atoms. The molecule has 4 nitrogen and oxygen atoms in total. The summed E-state index contributed by atoms with van der Waals surface area (Å²) in [5.41, 5.74) is 1.73. The van der Waals surface area contributed by atoms with Crippen molar-refractivity contribution in [1.29, 1.82) is 0 Å². The Bertz CT molecular complexity index is 725. The van der Waals surface area contributed by atoms with Gasteiger partial charge in [-0.2, -0.15) is 0 Å². The van der Waals surface area contributed by atoms with Crippen LogP contribution in [0, 0.1) is 0 Å². The second-order valence-corrected chi connectivity index (χ2v) is 4.73. The molecule has 0 amide bonds. The number of carbonyl (C=O) groups excluding carboxylic acids is 1. The number of Topliss-reactive ketones (excluding diaryl/α,β-unsaturated/α-hetero) is 1. The van der Waals surface area contributed by atoms with Crippen molar-refractivity contribution in [1.82, 2.24) is 14.1 Å². The van der Waals surface area contributed by atoms with E-state index in [2.05, 4.69) is 4.98 Å². The van der Waals surface area contributed by atoms with Gasteiger partial charge in [0, 0.05) is 43.0 Å². The SMILES string of the molecule is Cn1ccc(C(=O)Cn2ccnc2-c2ccccc2)c1. The van der Waals surface area contributed by atoms with Gasteiger partial charge in [0.15, 0.2) is 5.78 Å². The third-order valence-electron chi connectivity index (χ3n) is 3.22. The fourth-order valence-corrected chi connectivity index (χ4v) is 2.20. The first-order chi connectivity index (χ1) is 9.74. The highest BCUT2D eigenvalue weighted by molar-refractivity contribution is 5.96. The molecule has 100 valence electrons. The Morgan fingerprint density at radius 3 is 2.65 bits per heavy atom. The molecule has 0 spiro atoms. The van der Waals surface area contributed by atoms with Crippen LogP contribution in [-0.4, -0.2) is 19.9 Å². The average molecular weight is 265 g/mol. The van der Waals surface area contributed by atoms with Crippen molar-refractivity contribution in [3.63, 3.8) is 0 Å². The zero-order chi connectivity index (χ0) is 13.9. The fraction of sp³-hybridized carbons (Fsp3) is 0.125. The lowest BCUT2D eigenvalue weighted by molar-refractivity contribution is 0.0972. The first-order valence-electron chi connectivity index (χ1n) is 6.46. The van der Waals surface area contributed by atoms with Crippen LogP contribution in [0.15, 0.2) is 61.2 Å². The first-order valence-corrected chi connectivity index (χ1v) is 6.46. The smallest absolute Gasteiger partial charge is 0.184 e. The molecule has 0 saturated heterocycles. The fourth-order valence-electron chi connectivity index (χ4n) is 2.20. The van der Waals surface area contributed by atoms with Gasteiger partial charge in [-0.25, -0.2) is 4.98 Å². The van der Waals surface area contributed by atoms with E-state index in [9.17, 15) is 4.79 Å². The second kappa shape index (κ2) is 5.17. The summed E-state index contributed by atoms with van der Waals surface area (Å²) in [6.45, 7) is 0.300. The molecular formula is C16H15N3O. The van der Waals surface area contributed by atoms with Crippen LogP contribution in [0.3, 0.4) is 0 Å². The van der Waals surface area contributed by atoms with Crippen LogP contribution >= 0.6 is 0 Å². The number of ketones is 1. The molecule has 0 N–H and O–H groups in total. The molecule has 3 aromatic rings. The molecule has 20 heavy (non-hydrogen) atoms. The van der Waals surface area contributed by atoms with Crippen molar-refractivity contribution in [2.45, 2.75) is 6.54 Å². The number of carbonyl (C=O) groups is 1. The van der Waals surface area contributed by atoms with Gasteiger partial charge >= 0.3 is 0 Å². The Hall–Kier alpha value is -2.62. The van der Waals surface area contributed by atoms with Crippen molar-refractivity contribution >= 4 is 5.78 Å². The lowest BCUT2D eigenvalue weighted by atomic mass is 10.2. The molecule has 0 aliphatic heterocycles. The van der Waals surface area contributed by atoms with Gasteiger partial charge in [0.25, 0.3) is 0 Å². The minimum atomic E-state index is 0.0841. The maximum atomic E-state index is 12.2. The van der Waals surface area contributed by atoms with Crippen LogP contribution in [0.5, 0.6) is 0 Å². The summed E-state index contributed by atoms with van der Waals surface area (Å²) >= 11 is 0. The molecule has 0 radical (unpaired) electrons. The highest BCUT2D eigenvalue weighted by atomic mass is 16.1. The zero-order valence-corrected chi connectivity index (χ0v) is 11.2. The van der Waals surface area contributed by atoms with Crippen molar-refractivity contribution in [3.8, 4) is 11.4 Å². The summed E-state index contributed by atoms with van der Waals surface area (Å²) < 4.78 is 3.75. The van der Waals surface area contributed by atoms with E-state index < -0.39 is 0 Å². The van der Waals surface area contributed by atoms with Gasteiger partial charge in [0.2, 0.25) is 0 Å². The minimum Gasteiger partial charge on any atom is -0.357 e. The van der Waals surface area contributed by atoms with Crippen molar-refractivity contribution in [2.75, 3.05) is 0 Å². The van der Waals surface area contributed by atoms with Gasteiger partial charge in [-0.3, -0.25) is 4.79 Å². The minimum absolute atomic E-state index is 0.0841. The van der Waals surface area contributed by atoms with Crippen molar-refractivity contribution in [2.24, 2.45) is 7.05 Å². The number of aromatic nitrogens is 3. The van der Waals surface area contributed by atoms with E-state index in [0.29, 0.717) is 6.54 Å². The van der Waals surface area contributed by atoms with Crippen LogP contribution in [0.1, 0.15) is 10.4 Å². The average Bonchev–Trinajstić information content (AvgIpc) is 3.09.